The highest BCUT2D eigenvalue weighted by molar-refractivity contribution is 6.30. The molecule has 0 amide bonds. The fraction of sp³-hybridized carbons (Fsp3) is 0.400. The van der Waals surface area contributed by atoms with E-state index in [0.29, 0.717) is 11.4 Å². The Kier molecular flexibility index (Phi) is 3.72. The lowest BCUT2D eigenvalue weighted by atomic mass is 10.0. The molecule has 1 aromatic rings. The summed E-state index contributed by atoms with van der Waals surface area (Å²) in [4.78, 5) is 0. The van der Waals surface area contributed by atoms with E-state index >= 15 is 0 Å². The second-order valence-electron chi connectivity index (χ2n) is 3.22. The normalized spacial score (nSPS) is 13.3. The number of benzene rings is 1. The molecule has 1 aromatic carbocycles. The van der Waals surface area contributed by atoms with Crippen LogP contribution in [0.3, 0.4) is 0 Å². The lowest BCUT2D eigenvalue weighted by Crippen LogP contribution is -2.18. The first-order valence-electron chi connectivity index (χ1n) is 4.20. The monoisotopic (exact) mass is 200 g/mol. The molecule has 2 nitrogen and oxygen atoms in total. The highest BCUT2D eigenvalue weighted by atomic mass is 35.5. The Morgan fingerprint density at radius 2 is 1.77 bits per heavy atom. The SMILES string of the molecule is CC(Cc1ccc(Cl)cc1)C(O)O. The summed E-state index contributed by atoms with van der Waals surface area (Å²) in [5.74, 6) is -0.152. The molecule has 72 valence electrons. The molecule has 0 aliphatic rings. The molecule has 2 N–H and O–H groups in total. The average molecular weight is 201 g/mol. The lowest BCUT2D eigenvalue weighted by Gasteiger charge is -2.12. The first kappa shape index (κ1) is 10.5. The van der Waals surface area contributed by atoms with E-state index in [1.807, 2.05) is 12.1 Å². The zero-order chi connectivity index (χ0) is 9.84. The molecule has 0 fully saturated rings. The molecule has 0 saturated heterocycles. The van der Waals surface area contributed by atoms with Crippen LogP contribution in [0, 0.1) is 5.92 Å². The van der Waals surface area contributed by atoms with Gasteiger partial charge in [0.05, 0.1) is 0 Å². The summed E-state index contributed by atoms with van der Waals surface area (Å²) in [6.45, 7) is 1.79. The van der Waals surface area contributed by atoms with E-state index in [1.54, 1.807) is 19.1 Å². The third kappa shape index (κ3) is 3.35. The quantitative estimate of drug-likeness (QED) is 0.731. The predicted molar refractivity (Wildman–Crippen MR) is 52.5 cm³/mol. The van der Waals surface area contributed by atoms with Crippen molar-refractivity contribution in [1.82, 2.24) is 0 Å². The number of hydrogen-bond acceptors (Lipinski definition) is 2. The molecular weight excluding hydrogens is 188 g/mol. The third-order valence-corrected chi connectivity index (χ3v) is 2.23. The fourth-order valence-electron chi connectivity index (χ4n) is 1.10. The first-order chi connectivity index (χ1) is 6.09. The Labute approximate surface area is 82.8 Å². The van der Waals surface area contributed by atoms with Crippen molar-refractivity contribution in [1.29, 1.82) is 0 Å². The van der Waals surface area contributed by atoms with Crippen molar-refractivity contribution in [2.24, 2.45) is 5.92 Å². The second kappa shape index (κ2) is 4.61. The standard InChI is InChI=1S/C10H13ClO2/c1-7(10(12)13)6-8-2-4-9(11)5-3-8/h2-5,7,10,12-13H,6H2,1H3. The van der Waals surface area contributed by atoms with Crippen LogP contribution in [0.1, 0.15) is 12.5 Å². The van der Waals surface area contributed by atoms with Crippen LogP contribution in [0.25, 0.3) is 0 Å². The Balaban J connectivity index is 2.59. The summed E-state index contributed by atoms with van der Waals surface area (Å²) < 4.78 is 0. The molecule has 3 heteroatoms. The summed E-state index contributed by atoms with van der Waals surface area (Å²) in [5.41, 5.74) is 1.06. The summed E-state index contributed by atoms with van der Waals surface area (Å²) in [7, 11) is 0. The van der Waals surface area contributed by atoms with Crippen LogP contribution in [0.5, 0.6) is 0 Å². The molecule has 13 heavy (non-hydrogen) atoms. The zero-order valence-electron chi connectivity index (χ0n) is 7.44. The second-order valence-corrected chi connectivity index (χ2v) is 3.66. The molecule has 0 spiro atoms. The largest absolute Gasteiger partial charge is 0.368 e. The Morgan fingerprint density at radius 1 is 1.23 bits per heavy atom. The Morgan fingerprint density at radius 3 is 2.23 bits per heavy atom. The zero-order valence-corrected chi connectivity index (χ0v) is 8.20. The highest BCUT2D eigenvalue weighted by Crippen LogP contribution is 2.14. The van der Waals surface area contributed by atoms with E-state index < -0.39 is 6.29 Å². The van der Waals surface area contributed by atoms with Crippen LogP contribution in [0.2, 0.25) is 5.02 Å². The molecule has 1 atom stereocenters. The Hall–Kier alpha value is -0.570. The van der Waals surface area contributed by atoms with Crippen LogP contribution in [0.15, 0.2) is 24.3 Å². The average Bonchev–Trinajstić information content (AvgIpc) is 2.08. The van der Waals surface area contributed by atoms with E-state index in [-0.39, 0.29) is 5.92 Å². The number of aliphatic hydroxyl groups is 2. The van der Waals surface area contributed by atoms with Gasteiger partial charge in [0.1, 0.15) is 0 Å². The van der Waals surface area contributed by atoms with E-state index in [2.05, 4.69) is 0 Å². The summed E-state index contributed by atoms with van der Waals surface area (Å²) in [6, 6.07) is 7.38. The van der Waals surface area contributed by atoms with Crippen molar-refractivity contribution in [3.63, 3.8) is 0 Å². The summed E-state index contributed by atoms with van der Waals surface area (Å²) in [5, 5.41) is 18.4. The number of halogens is 1. The molecule has 1 rings (SSSR count). The minimum absolute atomic E-state index is 0.152. The minimum atomic E-state index is -1.25. The van der Waals surface area contributed by atoms with Gasteiger partial charge in [0.15, 0.2) is 6.29 Å². The maximum atomic E-state index is 8.87. The molecule has 0 radical (unpaired) electrons. The maximum Gasteiger partial charge on any atom is 0.154 e. The molecule has 0 aliphatic heterocycles. The molecule has 0 aliphatic carbocycles. The van der Waals surface area contributed by atoms with Crippen LogP contribution < -0.4 is 0 Å². The molecule has 0 saturated carbocycles. The molecular formula is C10H13ClO2. The van der Waals surface area contributed by atoms with Crippen molar-refractivity contribution in [2.45, 2.75) is 19.6 Å². The molecule has 1 unspecified atom stereocenters. The van der Waals surface area contributed by atoms with E-state index in [0.717, 1.165) is 5.56 Å². The summed E-state index contributed by atoms with van der Waals surface area (Å²) in [6.07, 6.45) is -0.606. The van der Waals surface area contributed by atoms with Gasteiger partial charge in [0.2, 0.25) is 0 Å². The van der Waals surface area contributed by atoms with Crippen molar-refractivity contribution in [2.75, 3.05) is 0 Å². The van der Waals surface area contributed by atoms with E-state index in [9.17, 15) is 0 Å². The number of hydrogen-bond donors (Lipinski definition) is 2. The first-order valence-corrected chi connectivity index (χ1v) is 4.58. The van der Waals surface area contributed by atoms with Gasteiger partial charge in [-0.3, -0.25) is 0 Å². The smallest absolute Gasteiger partial charge is 0.154 e. The van der Waals surface area contributed by atoms with Gasteiger partial charge in [0, 0.05) is 10.9 Å². The number of aliphatic hydroxyl groups excluding tert-OH is 1. The molecule has 0 bridgehead atoms. The van der Waals surface area contributed by atoms with Gasteiger partial charge in [-0.2, -0.15) is 0 Å². The van der Waals surface area contributed by atoms with Crippen molar-refractivity contribution >= 4 is 11.6 Å². The maximum absolute atomic E-state index is 8.87. The van der Waals surface area contributed by atoms with Gasteiger partial charge >= 0.3 is 0 Å². The van der Waals surface area contributed by atoms with Gasteiger partial charge < -0.3 is 10.2 Å². The fourth-order valence-corrected chi connectivity index (χ4v) is 1.22. The summed E-state index contributed by atoms with van der Waals surface area (Å²) >= 11 is 5.71. The van der Waals surface area contributed by atoms with Crippen molar-refractivity contribution in [3.05, 3.63) is 34.9 Å². The van der Waals surface area contributed by atoms with E-state index in [4.69, 9.17) is 21.8 Å². The van der Waals surface area contributed by atoms with Gasteiger partial charge in [-0.1, -0.05) is 30.7 Å². The van der Waals surface area contributed by atoms with Gasteiger partial charge in [0.25, 0.3) is 0 Å². The molecule has 0 aromatic heterocycles. The van der Waals surface area contributed by atoms with Gasteiger partial charge in [-0.25, -0.2) is 0 Å². The lowest BCUT2D eigenvalue weighted by molar-refractivity contribution is -0.0780. The van der Waals surface area contributed by atoms with Gasteiger partial charge in [-0.15, -0.1) is 0 Å². The van der Waals surface area contributed by atoms with Crippen LogP contribution >= 0.6 is 11.6 Å². The number of rotatable bonds is 3. The Bertz CT molecular complexity index is 256. The van der Waals surface area contributed by atoms with E-state index in [1.165, 1.54) is 0 Å². The highest BCUT2D eigenvalue weighted by Gasteiger charge is 2.10. The van der Waals surface area contributed by atoms with Crippen LogP contribution in [-0.4, -0.2) is 16.5 Å². The minimum Gasteiger partial charge on any atom is -0.368 e. The molecule has 0 heterocycles. The van der Waals surface area contributed by atoms with Crippen molar-refractivity contribution < 1.29 is 10.2 Å². The third-order valence-electron chi connectivity index (χ3n) is 1.98. The van der Waals surface area contributed by atoms with Crippen LogP contribution in [-0.2, 0) is 6.42 Å². The predicted octanol–water partition coefficient (Wildman–Crippen LogP) is 1.83. The van der Waals surface area contributed by atoms with Crippen molar-refractivity contribution in [3.8, 4) is 0 Å². The van der Waals surface area contributed by atoms with Gasteiger partial charge in [-0.05, 0) is 24.1 Å². The topological polar surface area (TPSA) is 40.5 Å². The van der Waals surface area contributed by atoms with Crippen LogP contribution in [0.4, 0.5) is 0 Å².